The highest BCUT2D eigenvalue weighted by Gasteiger charge is 2.49. The van der Waals surface area contributed by atoms with Crippen LogP contribution in [0.5, 0.6) is 0 Å². The molecule has 2 aliphatic carbocycles. The lowest BCUT2D eigenvalue weighted by Crippen LogP contribution is -2.63. The first-order chi connectivity index (χ1) is 7.80. The van der Waals surface area contributed by atoms with E-state index in [4.69, 9.17) is 17.0 Å². The standard InChI is InChI=1S/C13H21NOS/c16-12-14-13(8-4-1-5-9-13)10-6-2-3-7-11(10)15-12/h10-11H,1-9H2,(H,14,16)/t10-,11-/m1/s1. The number of rotatable bonds is 0. The third-order valence-corrected chi connectivity index (χ3v) is 4.97. The van der Waals surface area contributed by atoms with Crippen molar-refractivity contribution in [3.05, 3.63) is 0 Å². The lowest BCUT2D eigenvalue weighted by atomic mass is 9.65. The first kappa shape index (κ1) is 10.8. The van der Waals surface area contributed by atoms with Gasteiger partial charge in [0.05, 0.1) is 0 Å². The SMILES string of the molecule is S=C1NC2(CCCCC2)[C@@H]2CCCC[C@H]2O1. The van der Waals surface area contributed by atoms with Gasteiger partial charge in [-0.05, 0) is 44.3 Å². The molecule has 0 unspecified atom stereocenters. The molecular formula is C13H21NOS. The van der Waals surface area contributed by atoms with Crippen molar-refractivity contribution in [2.45, 2.75) is 69.4 Å². The molecule has 0 radical (unpaired) electrons. The second-order valence-electron chi connectivity index (χ2n) is 5.68. The fourth-order valence-electron chi connectivity index (χ4n) is 4.01. The van der Waals surface area contributed by atoms with Crippen LogP contribution in [0.1, 0.15) is 57.8 Å². The van der Waals surface area contributed by atoms with Gasteiger partial charge in [0, 0.05) is 11.5 Å². The topological polar surface area (TPSA) is 21.3 Å². The van der Waals surface area contributed by atoms with Crippen molar-refractivity contribution in [1.29, 1.82) is 0 Å². The molecule has 0 aromatic rings. The number of fused-ring (bicyclic) bond motifs is 2. The monoisotopic (exact) mass is 239 g/mol. The highest BCUT2D eigenvalue weighted by Crippen LogP contribution is 2.44. The van der Waals surface area contributed by atoms with Crippen LogP contribution < -0.4 is 5.32 Å². The summed E-state index contributed by atoms with van der Waals surface area (Å²) in [6.45, 7) is 0. The second-order valence-corrected chi connectivity index (χ2v) is 6.05. The molecule has 3 rings (SSSR count). The van der Waals surface area contributed by atoms with E-state index in [9.17, 15) is 0 Å². The Hall–Kier alpha value is -0.310. The summed E-state index contributed by atoms with van der Waals surface area (Å²) in [5, 5.41) is 4.21. The fraction of sp³-hybridized carbons (Fsp3) is 0.923. The van der Waals surface area contributed by atoms with Gasteiger partial charge in [0.25, 0.3) is 5.17 Å². The zero-order chi connectivity index (χ0) is 11.0. The zero-order valence-electron chi connectivity index (χ0n) is 9.84. The molecule has 1 aliphatic heterocycles. The van der Waals surface area contributed by atoms with Gasteiger partial charge in [-0.1, -0.05) is 25.7 Å². The number of nitrogens with one attached hydrogen (secondary N) is 1. The Kier molecular flexibility index (Phi) is 2.82. The predicted octanol–water partition coefficient (Wildman–Crippen LogP) is 3.15. The minimum atomic E-state index is 0.304. The number of ether oxygens (including phenoxy) is 1. The third kappa shape index (κ3) is 1.73. The first-order valence-electron chi connectivity index (χ1n) is 6.79. The molecule has 2 saturated carbocycles. The van der Waals surface area contributed by atoms with Crippen LogP contribution in [0.15, 0.2) is 0 Å². The van der Waals surface area contributed by atoms with Gasteiger partial charge in [0.1, 0.15) is 6.10 Å². The van der Waals surface area contributed by atoms with E-state index >= 15 is 0 Å². The molecule has 1 saturated heterocycles. The zero-order valence-corrected chi connectivity index (χ0v) is 10.7. The predicted molar refractivity (Wildman–Crippen MR) is 68.4 cm³/mol. The van der Waals surface area contributed by atoms with Crippen molar-refractivity contribution in [1.82, 2.24) is 5.32 Å². The Balaban J connectivity index is 1.85. The Morgan fingerprint density at radius 1 is 1.06 bits per heavy atom. The molecule has 1 heterocycles. The molecule has 1 N–H and O–H groups in total. The van der Waals surface area contributed by atoms with E-state index in [2.05, 4.69) is 5.32 Å². The van der Waals surface area contributed by atoms with E-state index in [-0.39, 0.29) is 0 Å². The molecule has 0 aromatic heterocycles. The van der Waals surface area contributed by atoms with Crippen LogP contribution in [0.2, 0.25) is 0 Å². The smallest absolute Gasteiger partial charge is 0.257 e. The molecule has 2 nitrogen and oxygen atoms in total. The van der Waals surface area contributed by atoms with E-state index in [1.165, 1.54) is 57.8 Å². The van der Waals surface area contributed by atoms with Crippen LogP contribution >= 0.6 is 12.2 Å². The van der Waals surface area contributed by atoms with Crippen molar-refractivity contribution in [2.24, 2.45) is 5.92 Å². The van der Waals surface area contributed by atoms with Gasteiger partial charge in [-0.15, -0.1) is 0 Å². The highest BCUT2D eigenvalue weighted by molar-refractivity contribution is 7.80. The fourth-order valence-corrected chi connectivity index (χ4v) is 4.34. The summed E-state index contributed by atoms with van der Waals surface area (Å²) in [5.74, 6) is 0.716. The number of thiocarbonyl (C=S) groups is 1. The van der Waals surface area contributed by atoms with Crippen LogP contribution in [0.4, 0.5) is 0 Å². The van der Waals surface area contributed by atoms with E-state index in [0.29, 0.717) is 22.7 Å². The van der Waals surface area contributed by atoms with E-state index in [1.807, 2.05) is 0 Å². The molecule has 2 atom stereocenters. The van der Waals surface area contributed by atoms with Crippen LogP contribution in [0.25, 0.3) is 0 Å². The summed E-state index contributed by atoms with van der Waals surface area (Å²) in [6.07, 6.45) is 12.4. The van der Waals surface area contributed by atoms with Crippen molar-refractivity contribution in [2.75, 3.05) is 0 Å². The van der Waals surface area contributed by atoms with Crippen molar-refractivity contribution >= 4 is 17.4 Å². The molecule has 90 valence electrons. The van der Waals surface area contributed by atoms with Gasteiger partial charge in [0.2, 0.25) is 0 Å². The highest BCUT2D eigenvalue weighted by atomic mass is 32.1. The molecule has 0 aromatic carbocycles. The summed E-state index contributed by atoms with van der Waals surface area (Å²) in [4.78, 5) is 0. The third-order valence-electron chi connectivity index (χ3n) is 4.77. The molecule has 3 aliphatic rings. The van der Waals surface area contributed by atoms with Gasteiger partial charge < -0.3 is 10.1 Å². The summed E-state index contributed by atoms with van der Waals surface area (Å²) in [6, 6.07) is 0. The number of hydrogen-bond donors (Lipinski definition) is 1. The van der Waals surface area contributed by atoms with Crippen molar-refractivity contribution < 1.29 is 4.74 Å². The van der Waals surface area contributed by atoms with Gasteiger partial charge in [-0.2, -0.15) is 0 Å². The van der Waals surface area contributed by atoms with Gasteiger partial charge in [-0.25, -0.2) is 0 Å². The molecule has 0 amide bonds. The Morgan fingerprint density at radius 2 is 1.81 bits per heavy atom. The van der Waals surface area contributed by atoms with Gasteiger partial charge in [-0.3, -0.25) is 0 Å². The maximum Gasteiger partial charge on any atom is 0.257 e. The van der Waals surface area contributed by atoms with E-state index in [0.717, 1.165) is 0 Å². The van der Waals surface area contributed by atoms with E-state index < -0.39 is 0 Å². The van der Waals surface area contributed by atoms with Crippen molar-refractivity contribution in [3.8, 4) is 0 Å². The van der Waals surface area contributed by atoms with Crippen LogP contribution in [0.3, 0.4) is 0 Å². The van der Waals surface area contributed by atoms with Gasteiger partial charge >= 0.3 is 0 Å². The molecule has 3 fully saturated rings. The Morgan fingerprint density at radius 3 is 2.62 bits per heavy atom. The molecule has 1 spiro atoms. The summed E-state index contributed by atoms with van der Waals surface area (Å²) in [7, 11) is 0. The molecular weight excluding hydrogens is 218 g/mol. The van der Waals surface area contributed by atoms with E-state index in [1.54, 1.807) is 0 Å². The largest absolute Gasteiger partial charge is 0.467 e. The minimum Gasteiger partial charge on any atom is -0.467 e. The minimum absolute atomic E-state index is 0.304. The Bertz CT molecular complexity index is 286. The molecule has 0 bridgehead atoms. The van der Waals surface area contributed by atoms with Crippen molar-refractivity contribution in [3.63, 3.8) is 0 Å². The van der Waals surface area contributed by atoms with Crippen LogP contribution in [-0.2, 0) is 4.74 Å². The van der Waals surface area contributed by atoms with Gasteiger partial charge in [0.15, 0.2) is 0 Å². The summed E-state index contributed by atoms with van der Waals surface area (Å²) >= 11 is 5.29. The molecule has 16 heavy (non-hydrogen) atoms. The first-order valence-corrected chi connectivity index (χ1v) is 7.20. The Labute approximate surface area is 103 Å². The maximum atomic E-state index is 5.84. The lowest BCUT2D eigenvalue weighted by Gasteiger charge is -2.52. The second kappa shape index (κ2) is 4.17. The summed E-state index contributed by atoms with van der Waals surface area (Å²) in [5.41, 5.74) is 0.304. The average Bonchev–Trinajstić information content (AvgIpc) is 2.30. The van der Waals surface area contributed by atoms with Crippen LogP contribution in [0, 0.1) is 5.92 Å². The summed E-state index contributed by atoms with van der Waals surface area (Å²) < 4.78 is 5.84. The van der Waals surface area contributed by atoms with Crippen LogP contribution in [-0.4, -0.2) is 16.8 Å². The molecule has 3 heteroatoms. The average molecular weight is 239 g/mol. The normalized spacial score (nSPS) is 37.4. The number of hydrogen-bond acceptors (Lipinski definition) is 2. The quantitative estimate of drug-likeness (QED) is 0.656. The maximum absolute atomic E-state index is 5.84. The lowest BCUT2D eigenvalue weighted by molar-refractivity contribution is -0.0229.